The summed E-state index contributed by atoms with van der Waals surface area (Å²) in [5.74, 6) is 0. The zero-order valence-corrected chi connectivity index (χ0v) is 35.4. The summed E-state index contributed by atoms with van der Waals surface area (Å²) in [7, 11) is 0. The number of nitrogens with zero attached hydrogens (tertiary/aromatic N) is 2. The summed E-state index contributed by atoms with van der Waals surface area (Å²) in [4.78, 5) is 2.63. The average Bonchev–Trinajstić information content (AvgIpc) is 3.49. The predicted octanol–water partition coefficient (Wildman–Crippen LogP) is 15.2. The van der Waals surface area contributed by atoms with E-state index in [1.807, 2.05) is 0 Å². The Balaban J connectivity index is 1.49. The van der Waals surface area contributed by atoms with E-state index in [1.54, 1.807) is 5.57 Å². The lowest BCUT2D eigenvalue weighted by Crippen LogP contribution is -2.28. The SMILES string of the molecule is CCCCCCCCCCN1C2=C(CCC=C2)C(C)(C)\C1=C/C=C(C)/C(Cl)=C(C)/C=C/C1=[N+](CCCCCCCCCC)c2ccccc2C1(C)C. The zero-order valence-electron chi connectivity index (χ0n) is 34.7. The second-order valence-corrected chi connectivity index (χ2v) is 17.3. The highest BCUT2D eigenvalue weighted by atomic mass is 35.5. The van der Waals surface area contributed by atoms with E-state index < -0.39 is 0 Å². The molecule has 2 nitrogen and oxygen atoms in total. The molecular formula is C49H74ClN2+. The van der Waals surface area contributed by atoms with Crippen LogP contribution >= 0.6 is 11.6 Å². The quantitative estimate of drug-likeness (QED) is 0.0655. The van der Waals surface area contributed by atoms with E-state index in [4.69, 9.17) is 11.6 Å². The first kappa shape index (κ1) is 42.2. The molecule has 0 aromatic heterocycles. The lowest BCUT2D eigenvalue weighted by atomic mass is 9.79. The van der Waals surface area contributed by atoms with E-state index in [1.165, 1.54) is 131 Å². The average molecular weight is 727 g/mol. The van der Waals surface area contributed by atoms with Gasteiger partial charge in [-0.25, -0.2) is 0 Å². The van der Waals surface area contributed by atoms with Crippen molar-refractivity contribution in [2.45, 2.75) is 176 Å². The number of rotatable bonds is 22. The van der Waals surface area contributed by atoms with E-state index >= 15 is 0 Å². The van der Waals surface area contributed by atoms with Crippen molar-refractivity contribution in [2.75, 3.05) is 13.1 Å². The Hall–Kier alpha value is -2.58. The molecule has 3 aliphatic rings. The third-order valence-corrected chi connectivity index (χ3v) is 12.7. The fourth-order valence-corrected chi connectivity index (χ4v) is 8.88. The highest BCUT2D eigenvalue weighted by Gasteiger charge is 2.44. The maximum Gasteiger partial charge on any atom is 0.209 e. The number of hydrogen-bond acceptors (Lipinski definition) is 1. The molecule has 286 valence electrons. The van der Waals surface area contributed by atoms with Crippen LogP contribution in [-0.2, 0) is 5.41 Å². The van der Waals surface area contributed by atoms with Crippen LogP contribution in [0.5, 0.6) is 0 Å². The second-order valence-electron chi connectivity index (χ2n) is 16.9. The number of para-hydroxylation sites is 1. The molecule has 0 bridgehead atoms. The first-order valence-corrected chi connectivity index (χ1v) is 21.8. The maximum absolute atomic E-state index is 7.18. The van der Waals surface area contributed by atoms with Gasteiger partial charge in [0.1, 0.15) is 6.54 Å². The van der Waals surface area contributed by atoms with Crippen LogP contribution in [0.2, 0.25) is 0 Å². The Labute approximate surface area is 325 Å². The molecule has 0 spiro atoms. The van der Waals surface area contributed by atoms with Crippen molar-refractivity contribution >= 4 is 23.0 Å². The molecule has 0 N–H and O–H groups in total. The molecule has 3 heteroatoms. The molecule has 0 radical (unpaired) electrons. The van der Waals surface area contributed by atoms with Gasteiger partial charge in [-0.2, -0.15) is 4.58 Å². The zero-order chi connectivity index (χ0) is 37.6. The van der Waals surface area contributed by atoms with Crippen LogP contribution in [0.15, 0.2) is 93.9 Å². The van der Waals surface area contributed by atoms with Crippen molar-refractivity contribution in [1.29, 1.82) is 0 Å². The van der Waals surface area contributed by atoms with Gasteiger partial charge in [0.05, 0.1) is 5.41 Å². The Morgan fingerprint density at radius 3 is 2.04 bits per heavy atom. The molecule has 0 saturated carbocycles. The minimum atomic E-state index is -0.0531. The molecule has 1 aromatic rings. The molecule has 1 aromatic carbocycles. The Morgan fingerprint density at radius 2 is 1.38 bits per heavy atom. The third-order valence-electron chi connectivity index (χ3n) is 12.1. The van der Waals surface area contributed by atoms with Gasteiger partial charge in [0, 0.05) is 52.5 Å². The number of allylic oxidation sites excluding steroid dienone is 10. The van der Waals surface area contributed by atoms with Crippen LogP contribution in [0.1, 0.15) is 177 Å². The van der Waals surface area contributed by atoms with Crippen molar-refractivity contribution in [1.82, 2.24) is 4.90 Å². The van der Waals surface area contributed by atoms with Gasteiger partial charge in [-0.1, -0.05) is 159 Å². The molecule has 0 saturated heterocycles. The molecule has 2 aliphatic heterocycles. The summed E-state index contributed by atoms with van der Waals surface area (Å²) in [6, 6.07) is 9.01. The van der Waals surface area contributed by atoms with Gasteiger partial charge in [-0.3, -0.25) is 0 Å². The summed E-state index contributed by atoms with van der Waals surface area (Å²) in [5.41, 5.74) is 10.8. The first-order chi connectivity index (χ1) is 25.1. The molecule has 4 rings (SSSR count). The number of fused-ring (bicyclic) bond motifs is 1. The Kier molecular flexibility index (Phi) is 16.8. The monoisotopic (exact) mass is 726 g/mol. The lowest BCUT2D eigenvalue weighted by Gasteiger charge is -2.29. The van der Waals surface area contributed by atoms with Crippen LogP contribution < -0.4 is 0 Å². The van der Waals surface area contributed by atoms with Gasteiger partial charge in [-0.05, 0) is 82.2 Å². The van der Waals surface area contributed by atoms with Gasteiger partial charge in [0.25, 0.3) is 0 Å². The van der Waals surface area contributed by atoms with Crippen molar-refractivity contribution in [3.8, 4) is 0 Å². The number of hydrogen-bond donors (Lipinski definition) is 0. The van der Waals surface area contributed by atoms with Crippen LogP contribution in [0.25, 0.3) is 0 Å². The van der Waals surface area contributed by atoms with Gasteiger partial charge >= 0.3 is 0 Å². The van der Waals surface area contributed by atoms with Gasteiger partial charge in [0.2, 0.25) is 5.69 Å². The van der Waals surface area contributed by atoms with E-state index in [2.05, 4.69) is 126 Å². The Bertz CT molecular complexity index is 1540. The lowest BCUT2D eigenvalue weighted by molar-refractivity contribution is -0.438. The van der Waals surface area contributed by atoms with Gasteiger partial charge in [0.15, 0.2) is 5.71 Å². The molecule has 0 amide bonds. The summed E-state index contributed by atoms with van der Waals surface area (Å²) in [6.45, 7) is 20.7. The third kappa shape index (κ3) is 10.8. The van der Waals surface area contributed by atoms with E-state index in [-0.39, 0.29) is 10.8 Å². The van der Waals surface area contributed by atoms with E-state index in [0.717, 1.165) is 42.1 Å². The van der Waals surface area contributed by atoms with Crippen LogP contribution in [-0.4, -0.2) is 28.3 Å². The van der Waals surface area contributed by atoms with Crippen molar-refractivity contribution in [2.24, 2.45) is 5.41 Å². The highest BCUT2D eigenvalue weighted by molar-refractivity contribution is 6.32. The number of benzene rings is 1. The summed E-state index contributed by atoms with van der Waals surface area (Å²) < 4.78 is 2.59. The number of halogens is 1. The maximum atomic E-state index is 7.18. The molecule has 0 unspecified atom stereocenters. The molecule has 1 aliphatic carbocycles. The van der Waals surface area contributed by atoms with E-state index in [0.29, 0.717) is 0 Å². The van der Waals surface area contributed by atoms with Crippen LogP contribution in [0.3, 0.4) is 0 Å². The fourth-order valence-electron chi connectivity index (χ4n) is 8.75. The molecule has 2 heterocycles. The largest absolute Gasteiger partial charge is 0.344 e. The molecule has 52 heavy (non-hydrogen) atoms. The highest BCUT2D eigenvalue weighted by Crippen LogP contribution is 2.50. The van der Waals surface area contributed by atoms with Crippen LogP contribution in [0, 0.1) is 5.41 Å². The Morgan fingerprint density at radius 1 is 0.788 bits per heavy atom. The summed E-state index contributed by atoms with van der Waals surface area (Å²) >= 11 is 7.18. The van der Waals surface area contributed by atoms with Crippen molar-refractivity contribution in [3.63, 3.8) is 0 Å². The fraction of sp³-hybridized carbons (Fsp3) is 0.612. The van der Waals surface area contributed by atoms with Crippen LogP contribution in [0.4, 0.5) is 5.69 Å². The van der Waals surface area contributed by atoms with Gasteiger partial charge < -0.3 is 4.90 Å². The predicted molar refractivity (Wildman–Crippen MR) is 230 cm³/mol. The summed E-state index contributed by atoms with van der Waals surface area (Å²) in [5, 5.41) is 0.847. The molecule has 0 fully saturated rings. The molecular weight excluding hydrogens is 652 g/mol. The number of unbranched alkanes of at least 4 members (excludes halogenated alkanes) is 14. The molecule has 0 atom stereocenters. The van der Waals surface area contributed by atoms with Crippen molar-refractivity contribution in [3.05, 3.63) is 99.4 Å². The first-order valence-electron chi connectivity index (χ1n) is 21.4. The normalized spacial score (nSPS) is 19.4. The minimum absolute atomic E-state index is 0.0282. The topological polar surface area (TPSA) is 6.25 Å². The second kappa shape index (κ2) is 20.8. The minimum Gasteiger partial charge on any atom is -0.344 e. The summed E-state index contributed by atoms with van der Waals surface area (Å²) in [6.07, 6.45) is 37.8. The van der Waals surface area contributed by atoms with Gasteiger partial charge in [-0.15, -0.1) is 0 Å². The standard InChI is InChI=1S/C49H74ClN2/c1-9-11-13-15-17-19-21-27-37-51-43-31-25-23-29-41(43)48(5,6)45(51)35-33-39(3)47(50)40(4)34-36-46-49(7,8)42-30-24-26-32-44(42)52(46)38-28-22-20-18-16-14-12-10-2/h23,25-26,29,31-36H,9-22,24,27-28,30,37-38H2,1-8H3/q+1. The van der Waals surface area contributed by atoms with Crippen molar-refractivity contribution < 1.29 is 4.58 Å². The van der Waals surface area contributed by atoms with E-state index in [9.17, 15) is 0 Å². The smallest absolute Gasteiger partial charge is 0.209 e.